The molecule has 0 spiro atoms. The summed E-state index contributed by atoms with van der Waals surface area (Å²) < 4.78 is 5.06. The van der Waals surface area contributed by atoms with E-state index in [4.69, 9.17) is 4.74 Å². The number of amides is 1. The van der Waals surface area contributed by atoms with Crippen LogP contribution in [0.3, 0.4) is 0 Å². The lowest BCUT2D eigenvalue weighted by atomic mass is 10.2. The van der Waals surface area contributed by atoms with Gasteiger partial charge in [-0.15, -0.1) is 0 Å². The lowest BCUT2D eigenvalue weighted by molar-refractivity contribution is -0.667. The fourth-order valence-corrected chi connectivity index (χ4v) is 1.98. The highest BCUT2D eigenvalue weighted by Crippen LogP contribution is 2.24. The summed E-state index contributed by atoms with van der Waals surface area (Å²) in [6.07, 6.45) is 6.87. The third-order valence-electron chi connectivity index (χ3n) is 2.65. The van der Waals surface area contributed by atoms with Gasteiger partial charge in [-0.2, -0.15) is 3.89 Å². The molecule has 0 saturated carbocycles. The van der Waals surface area contributed by atoms with Crippen LogP contribution in [0.5, 0.6) is 5.75 Å². The highest BCUT2D eigenvalue weighted by atomic mass is 32.1. The lowest BCUT2D eigenvalue weighted by Crippen LogP contribution is -2.38. The standard InChI is InChI=1S/C13H14NO2S/c1-16-12-7-5-11(6-8-12)10-14(17)9-3-2-4-13(14)15/h2-9,17H,10H2,1H3/q+1. The van der Waals surface area contributed by atoms with Crippen molar-refractivity contribution in [1.29, 1.82) is 0 Å². The zero-order valence-corrected chi connectivity index (χ0v) is 10.4. The van der Waals surface area contributed by atoms with Gasteiger partial charge in [-0.25, -0.2) is 4.79 Å². The van der Waals surface area contributed by atoms with Gasteiger partial charge in [0, 0.05) is 11.6 Å². The predicted octanol–water partition coefficient (Wildman–Crippen LogP) is 2.47. The molecule has 1 amide bonds. The second-order valence-electron chi connectivity index (χ2n) is 3.87. The molecule has 0 aliphatic carbocycles. The molecular formula is C13H14NO2S+. The van der Waals surface area contributed by atoms with Gasteiger partial charge in [-0.1, -0.05) is 0 Å². The molecule has 1 unspecified atom stereocenters. The Labute approximate surface area is 106 Å². The van der Waals surface area contributed by atoms with Crippen molar-refractivity contribution >= 4 is 18.7 Å². The Morgan fingerprint density at radius 3 is 2.53 bits per heavy atom. The van der Waals surface area contributed by atoms with Gasteiger partial charge >= 0.3 is 5.91 Å². The Bertz CT molecular complexity index is 479. The van der Waals surface area contributed by atoms with Gasteiger partial charge in [0.05, 0.1) is 19.9 Å². The Morgan fingerprint density at radius 1 is 1.24 bits per heavy atom. The number of hydrogen-bond donors (Lipinski definition) is 1. The van der Waals surface area contributed by atoms with Crippen molar-refractivity contribution in [3.63, 3.8) is 0 Å². The molecule has 0 bridgehead atoms. The maximum atomic E-state index is 11.8. The molecule has 3 nitrogen and oxygen atoms in total. The Morgan fingerprint density at radius 2 is 1.94 bits per heavy atom. The minimum atomic E-state index is -0.0355. The van der Waals surface area contributed by atoms with Crippen molar-refractivity contribution in [2.45, 2.75) is 6.54 Å². The molecule has 0 N–H and O–H groups in total. The van der Waals surface area contributed by atoms with Crippen LogP contribution in [0, 0.1) is 0 Å². The molecule has 0 fully saturated rings. The van der Waals surface area contributed by atoms with Gasteiger partial charge in [-0.05, 0) is 36.4 Å². The second kappa shape index (κ2) is 4.77. The molecule has 0 aromatic heterocycles. The molecule has 1 aromatic carbocycles. The minimum absolute atomic E-state index is 0.0250. The summed E-state index contributed by atoms with van der Waals surface area (Å²) in [6, 6.07) is 7.63. The van der Waals surface area contributed by atoms with E-state index in [2.05, 4.69) is 12.8 Å². The highest BCUT2D eigenvalue weighted by Gasteiger charge is 2.31. The van der Waals surface area contributed by atoms with Crippen molar-refractivity contribution in [2.24, 2.45) is 0 Å². The number of carbonyl (C=O) groups is 1. The lowest BCUT2D eigenvalue weighted by Gasteiger charge is -2.24. The number of nitrogens with zero attached hydrogens (tertiary/aromatic N) is 1. The molecule has 4 heteroatoms. The Balaban J connectivity index is 2.17. The normalized spacial score (nSPS) is 22.8. The van der Waals surface area contributed by atoms with Crippen LogP contribution in [-0.2, 0) is 11.3 Å². The maximum absolute atomic E-state index is 11.8. The molecule has 1 aromatic rings. The number of benzene rings is 1. The van der Waals surface area contributed by atoms with Crippen molar-refractivity contribution in [1.82, 2.24) is 0 Å². The highest BCUT2D eigenvalue weighted by molar-refractivity contribution is 7.74. The molecule has 0 saturated heterocycles. The molecule has 2 rings (SSSR count). The topological polar surface area (TPSA) is 26.3 Å². The van der Waals surface area contributed by atoms with E-state index < -0.39 is 0 Å². The molecule has 1 atom stereocenters. The number of quaternary nitrogens is 1. The van der Waals surface area contributed by atoms with Gasteiger partial charge in [0.25, 0.3) is 0 Å². The third-order valence-corrected chi connectivity index (χ3v) is 3.12. The number of carbonyl (C=O) groups excluding carboxylic acids is 1. The predicted molar refractivity (Wildman–Crippen MR) is 69.2 cm³/mol. The molecule has 0 radical (unpaired) electrons. The van der Waals surface area contributed by atoms with E-state index in [1.54, 1.807) is 19.4 Å². The average Bonchev–Trinajstić information content (AvgIpc) is 2.34. The van der Waals surface area contributed by atoms with E-state index in [1.165, 1.54) is 6.08 Å². The van der Waals surface area contributed by atoms with E-state index >= 15 is 0 Å². The first kappa shape index (κ1) is 12.0. The van der Waals surface area contributed by atoms with E-state index in [9.17, 15) is 4.79 Å². The number of thiol groups is 1. The molecule has 1 aliphatic rings. The summed E-state index contributed by atoms with van der Waals surface area (Å²) in [5, 5.41) is 0. The van der Waals surface area contributed by atoms with Gasteiger partial charge < -0.3 is 4.74 Å². The zero-order valence-electron chi connectivity index (χ0n) is 9.54. The number of methoxy groups -OCH3 is 1. The fraction of sp³-hybridized carbons (Fsp3) is 0.154. The van der Waals surface area contributed by atoms with E-state index in [1.807, 2.05) is 30.3 Å². The van der Waals surface area contributed by atoms with Gasteiger partial charge in [-0.3, -0.25) is 0 Å². The minimum Gasteiger partial charge on any atom is -0.497 e. The van der Waals surface area contributed by atoms with E-state index in [0.717, 1.165) is 11.3 Å². The van der Waals surface area contributed by atoms with Crippen LogP contribution in [0.25, 0.3) is 0 Å². The van der Waals surface area contributed by atoms with Crippen LogP contribution >= 0.6 is 12.8 Å². The van der Waals surface area contributed by atoms with E-state index in [0.29, 0.717) is 6.54 Å². The number of allylic oxidation sites excluding steroid dienone is 2. The van der Waals surface area contributed by atoms with Gasteiger partial charge in [0.2, 0.25) is 0 Å². The van der Waals surface area contributed by atoms with Crippen LogP contribution in [0.15, 0.2) is 48.7 Å². The first-order valence-electron chi connectivity index (χ1n) is 5.28. The Hall–Kier alpha value is -1.52. The van der Waals surface area contributed by atoms with Crippen molar-refractivity contribution in [3.8, 4) is 5.75 Å². The van der Waals surface area contributed by atoms with Crippen LogP contribution in [-0.4, -0.2) is 16.9 Å². The molecule has 17 heavy (non-hydrogen) atoms. The first-order valence-corrected chi connectivity index (χ1v) is 5.68. The quantitative estimate of drug-likeness (QED) is 0.657. The largest absolute Gasteiger partial charge is 0.497 e. The van der Waals surface area contributed by atoms with Crippen molar-refractivity contribution in [3.05, 3.63) is 54.3 Å². The second-order valence-corrected chi connectivity index (χ2v) is 4.59. The van der Waals surface area contributed by atoms with Gasteiger partial charge in [0.1, 0.15) is 18.5 Å². The third kappa shape index (κ3) is 2.60. The van der Waals surface area contributed by atoms with Gasteiger partial charge in [0.15, 0.2) is 0 Å². The summed E-state index contributed by atoms with van der Waals surface area (Å²) in [5.74, 6) is 0.770. The Kier molecular flexibility index (Phi) is 3.36. The fourth-order valence-electron chi connectivity index (χ4n) is 1.67. The maximum Gasteiger partial charge on any atom is 0.354 e. The van der Waals surface area contributed by atoms with Crippen LogP contribution in [0.1, 0.15) is 5.56 Å². The average molecular weight is 248 g/mol. The number of hydrogen-bond acceptors (Lipinski definition) is 3. The van der Waals surface area contributed by atoms with Crippen LogP contribution < -0.4 is 4.74 Å². The summed E-state index contributed by atoms with van der Waals surface area (Å²) in [4.78, 5) is 11.8. The van der Waals surface area contributed by atoms with Crippen LogP contribution in [0.4, 0.5) is 0 Å². The van der Waals surface area contributed by atoms with E-state index in [-0.39, 0.29) is 9.80 Å². The molecule has 1 aliphatic heterocycles. The smallest absolute Gasteiger partial charge is 0.354 e. The van der Waals surface area contributed by atoms with Crippen LogP contribution in [0.2, 0.25) is 0 Å². The molecule has 88 valence electrons. The summed E-state index contributed by atoms with van der Waals surface area (Å²) in [7, 11) is 1.63. The SMILES string of the molecule is COc1ccc(C[N+]2(S)C=CC=CC2=O)cc1. The molecule has 1 heterocycles. The monoisotopic (exact) mass is 248 g/mol. The summed E-state index contributed by atoms with van der Waals surface area (Å²) in [6.45, 7) is 0.521. The zero-order chi connectivity index (χ0) is 12.3. The van der Waals surface area contributed by atoms with Crippen molar-refractivity contribution in [2.75, 3.05) is 7.11 Å². The molecular weight excluding hydrogens is 234 g/mol. The summed E-state index contributed by atoms with van der Waals surface area (Å²) >= 11 is 4.42. The van der Waals surface area contributed by atoms with Crippen molar-refractivity contribution < 1.29 is 13.4 Å². The number of rotatable bonds is 3. The first-order chi connectivity index (χ1) is 8.14. The number of ether oxygens (including phenoxy) is 1. The summed E-state index contributed by atoms with van der Waals surface area (Å²) in [5.41, 5.74) is 1.04.